The number of rotatable bonds is 8. The Balaban J connectivity index is 2.29. The number of nitrogens with one attached hydrogen (secondary N) is 1. The Morgan fingerprint density at radius 2 is 2.05 bits per heavy atom. The van der Waals surface area contributed by atoms with Crippen LogP contribution in [0, 0.1) is 11.7 Å². The lowest BCUT2D eigenvalue weighted by Gasteiger charge is -2.14. The van der Waals surface area contributed by atoms with Gasteiger partial charge in [-0.2, -0.15) is 0 Å². The quantitative estimate of drug-likeness (QED) is 0.726. The van der Waals surface area contributed by atoms with Gasteiger partial charge in [0.2, 0.25) is 5.91 Å². The predicted octanol–water partition coefficient (Wildman–Crippen LogP) is 2.83. The standard InChI is InChI=1S/C15H22FNO2S/c1-3-4-13(18)9-17-15(19)11(2)10-20-14-7-5-12(16)6-8-14/h5-8,11,13,18H,3-4,9-10H2,1-2H3,(H,17,19). The first-order chi connectivity index (χ1) is 9.52. The third-order valence-corrected chi connectivity index (χ3v) is 4.17. The minimum Gasteiger partial charge on any atom is -0.391 e. The maximum absolute atomic E-state index is 12.8. The van der Waals surface area contributed by atoms with Crippen LogP contribution in [0.2, 0.25) is 0 Å². The summed E-state index contributed by atoms with van der Waals surface area (Å²) in [5, 5.41) is 12.3. The molecule has 2 N–H and O–H groups in total. The van der Waals surface area contributed by atoms with Crippen molar-refractivity contribution in [2.24, 2.45) is 5.92 Å². The van der Waals surface area contributed by atoms with E-state index in [1.807, 2.05) is 13.8 Å². The molecule has 3 nitrogen and oxygen atoms in total. The van der Waals surface area contributed by atoms with Gasteiger partial charge in [-0.3, -0.25) is 4.79 Å². The molecule has 1 rings (SSSR count). The molecule has 0 aliphatic carbocycles. The number of amides is 1. The third kappa shape index (κ3) is 6.39. The molecule has 0 aromatic heterocycles. The maximum Gasteiger partial charge on any atom is 0.223 e. The van der Waals surface area contributed by atoms with Gasteiger partial charge in [0.25, 0.3) is 0 Å². The lowest BCUT2D eigenvalue weighted by molar-refractivity contribution is -0.124. The van der Waals surface area contributed by atoms with Crippen LogP contribution in [0.1, 0.15) is 26.7 Å². The van der Waals surface area contributed by atoms with Crippen LogP contribution in [0.15, 0.2) is 29.2 Å². The number of carbonyl (C=O) groups excluding carboxylic acids is 1. The summed E-state index contributed by atoms with van der Waals surface area (Å²) in [6, 6.07) is 6.23. The van der Waals surface area contributed by atoms with Crippen LogP contribution in [-0.4, -0.2) is 29.4 Å². The SMILES string of the molecule is CCCC(O)CNC(=O)C(C)CSc1ccc(F)cc1. The number of aliphatic hydroxyl groups excluding tert-OH is 1. The smallest absolute Gasteiger partial charge is 0.223 e. The molecule has 0 spiro atoms. The van der Waals surface area contributed by atoms with Crippen LogP contribution in [0.25, 0.3) is 0 Å². The van der Waals surface area contributed by atoms with E-state index >= 15 is 0 Å². The summed E-state index contributed by atoms with van der Waals surface area (Å²) < 4.78 is 12.8. The van der Waals surface area contributed by atoms with Crippen LogP contribution >= 0.6 is 11.8 Å². The number of thioether (sulfide) groups is 1. The number of benzene rings is 1. The molecule has 0 bridgehead atoms. The Morgan fingerprint density at radius 3 is 2.65 bits per heavy atom. The lowest BCUT2D eigenvalue weighted by Crippen LogP contribution is -2.36. The molecule has 1 amide bonds. The first-order valence-corrected chi connectivity index (χ1v) is 7.85. The Morgan fingerprint density at radius 1 is 1.40 bits per heavy atom. The average Bonchev–Trinajstić information content (AvgIpc) is 2.44. The van der Waals surface area contributed by atoms with E-state index in [0.29, 0.717) is 18.7 Å². The molecule has 0 aliphatic rings. The number of aliphatic hydroxyl groups is 1. The number of carbonyl (C=O) groups is 1. The fraction of sp³-hybridized carbons (Fsp3) is 0.533. The molecule has 2 unspecified atom stereocenters. The van der Waals surface area contributed by atoms with Gasteiger partial charge in [0.1, 0.15) is 5.82 Å². The highest BCUT2D eigenvalue weighted by molar-refractivity contribution is 7.99. The van der Waals surface area contributed by atoms with Gasteiger partial charge in [-0.15, -0.1) is 11.8 Å². The molecule has 0 saturated heterocycles. The van der Waals surface area contributed by atoms with Crippen molar-refractivity contribution in [3.8, 4) is 0 Å². The summed E-state index contributed by atoms with van der Waals surface area (Å²) in [5.41, 5.74) is 0. The van der Waals surface area contributed by atoms with Gasteiger partial charge in [-0.25, -0.2) is 4.39 Å². The van der Waals surface area contributed by atoms with Crippen molar-refractivity contribution in [2.45, 2.75) is 37.7 Å². The highest BCUT2D eigenvalue weighted by Gasteiger charge is 2.14. The van der Waals surface area contributed by atoms with E-state index in [1.54, 1.807) is 12.1 Å². The molecule has 0 saturated carbocycles. The van der Waals surface area contributed by atoms with Crippen LogP contribution in [0.3, 0.4) is 0 Å². The Labute approximate surface area is 124 Å². The van der Waals surface area contributed by atoms with Gasteiger partial charge in [0.15, 0.2) is 0 Å². The predicted molar refractivity (Wildman–Crippen MR) is 80.2 cm³/mol. The van der Waals surface area contributed by atoms with Crippen molar-refractivity contribution in [1.29, 1.82) is 0 Å². The molecule has 20 heavy (non-hydrogen) atoms. The lowest BCUT2D eigenvalue weighted by atomic mass is 10.2. The molecular weight excluding hydrogens is 277 g/mol. The normalized spacial score (nSPS) is 13.8. The topological polar surface area (TPSA) is 49.3 Å². The largest absolute Gasteiger partial charge is 0.391 e. The Kier molecular flexibility index (Phi) is 7.62. The monoisotopic (exact) mass is 299 g/mol. The van der Waals surface area contributed by atoms with E-state index < -0.39 is 6.10 Å². The van der Waals surface area contributed by atoms with Gasteiger partial charge < -0.3 is 10.4 Å². The van der Waals surface area contributed by atoms with Gasteiger partial charge in [0.05, 0.1) is 6.10 Å². The molecule has 1 aromatic rings. The summed E-state index contributed by atoms with van der Waals surface area (Å²) in [6.45, 7) is 4.14. The summed E-state index contributed by atoms with van der Waals surface area (Å²) in [4.78, 5) is 12.8. The van der Waals surface area contributed by atoms with Gasteiger partial charge in [0, 0.05) is 23.1 Å². The number of hydrogen-bond acceptors (Lipinski definition) is 3. The summed E-state index contributed by atoms with van der Waals surface area (Å²) >= 11 is 1.52. The van der Waals surface area contributed by atoms with E-state index in [9.17, 15) is 14.3 Å². The molecule has 0 radical (unpaired) electrons. The zero-order valence-electron chi connectivity index (χ0n) is 11.9. The summed E-state index contributed by atoms with van der Waals surface area (Å²) in [6.07, 6.45) is 1.12. The molecule has 2 atom stereocenters. The van der Waals surface area contributed by atoms with E-state index in [1.165, 1.54) is 23.9 Å². The van der Waals surface area contributed by atoms with Crippen molar-refractivity contribution >= 4 is 17.7 Å². The second-order valence-electron chi connectivity index (χ2n) is 4.85. The molecule has 112 valence electrons. The van der Waals surface area contributed by atoms with Gasteiger partial charge in [-0.05, 0) is 30.7 Å². The zero-order valence-corrected chi connectivity index (χ0v) is 12.8. The second-order valence-corrected chi connectivity index (χ2v) is 5.95. The van der Waals surface area contributed by atoms with Crippen molar-refractivity contribution in [2.75, 3.05) is 12.3 Å². The fourth-order valence-corrected chi connectivity index (χ4v) is 2.58. The first-order valence-electron chi connectivity index (χ1n) is 6.87. The first kappa shape index (κ1) is 17.0. The third-order valence-electron chi connectivity index (χ3n) is 2.90. The summed E-state index contributed by atoms with van der Waals surface area (Å²) in [7, 11) is 0. The highest BCUT2D eigenvalue weighted by atomic mass is 32.2. The highest BCUT2D eigenvalue weighted by Crippen LogP contribution is 2.20. The van der Waals surface area contributed by atoms with Gasteiger partial charge in [-0.1, -0.05) is 20.3 Å². The molecule has 0 heterocycles. The minimum atomic E-state index is -0.471. The Bertz CT molecular complexity index is 411. The Hall–Kier alpha value is -1.07. The molecule has 1 aromatic carbocycles. The second kappa shape index (κ2) is 8.97. The molecule has 5 heteroatoms. The van der Waals surface area contributed by atoms with Crippen molar-refractivity contribution in [3.05, 3.63) is 30.1 Å². The number of hydrogen-bond donors (Lipinski definition) is 2. The van der Waals surface area contributed by atoms with Crippen molar-refractivity contribution in [3.63, 3.8) is 0 Å². The van der Waals surface area contributed by atoms with Crippen molar-refractivity contribution in [1.82, 2.24) is 5.32 Å². The minimum absolute atomic E-state index is 0.0604. The van der Waals surface area contributed by atoms with E-state index in [-0.39, 0.29) is 17.6 Å². The van der Waals surface area contributed by atoms with Crippen LogP contribution < -0.4 is 5.32 Å². The summed E-state index contributed by atoms with van der Waals surface area (Å²) in [5.74, 6) is 0.153. The molecule has 0 aliphatic heterocycles. The van der Waals surface area contributed by atoms with Gasteiger partial charge >= 0.3 is 0 Å². The molecular formula is C15H22FNO2S. The van der Waals surface area contributed by atoms with E-state index in [2.05, 4.69) is 5.32 Å². The van der Waals surface area contributed by atoms with Crippen molar-refractivity contribution < 1.29 is 14.3 Å². The average molecular weight is 299 g/mol. The van der Waals surface area contributed by atoms with Crippen LogP contribution in [0.5, 0.6) is 0 Å². The molecule has 0 fully saturated rings. The number of halogens is 1. The van der Waals surface area contributed by atoms with Crippen LogP contribution in [-0.2, 0) is 4.79 Å². The maximum atomic E-state index is 12.8. The zero-order chi connectivity index (χ0) is 15.0. The van der Waals surface area contributed by atoms with E-state index in [4.69, 9.17) is 0 Å². The fourth-order valence-electron chi connectivity index (χ4n) is 1.66. The van der Waals surface area contributed by atoms with E-state index in [0.717, 1.165) is 11.3 Å². The van der Waals surface area contributed by atoms with Crippen LogP contribution in [0.4, 0.5) is 4.39 Å².